The molecule has 1 saturated heterocycles. The Labute approximate surface area is 128 Å². The monoisotopic (exact) mass is 306 g/mol. The van der Waals surface area contributed by atoms with Crippen molar-refractivity contribution in [2.45, 2.75) is 5.88 Å². The lowest BCUT2D eigenvalue weighted by Crippen LogP contribution is -2.47. The van der Waals surface area contributed by atoms with E-state index in [0.717, 1.165) is 43.4 Å². The number of piperazine rings is 1. The largest absolute Gasteiger partial charge is 0.368 e. The average molecular weight is 307 g/mol. The maximum atomic E-state index is 13.6. The molecule has 1 aromatic carbocycles. The minimum Gasteiger partial charge on any atom is -0.368 e. The number of alkyl halides is 1. The van der Waals surface area contributed by atoms with Gasteiger partial charge in [0.15, 0.2) is 0 Å². The molecule has 6 heteroatoms. The van der Waals surface area contributed by atoms with Crippen molar-refractivity contribution in [1.82, 2.24) is 9.97 Å². The van der Waals surface area contributed by atoms with Gasteiger partial charge in [-0.2, -0.15) is 0 Å². The van der Waals surface area contributed by atoms with Crippen LogP contribution in [0, 0.1) is 5.82 Å². The maximum Gasteiger partial charge on any atom is 0.225 e. The van der Waals surface area contributed by atoms with E-state index in [1.807, 2.05) is 6.07 Å². The van der Waals surface area contributed by atoms with Crippen LogP contribution in [0.2, 0.25) is 0 Å². The first-order valence-corrected chi connectivity index (χ1v) is 7.42. The van der Waals surface area contributed by atoms with Gasteiger partial charge in [0.05, 0.1) is 0 Å². The Morgan fingerprint density at radius 3 is 2.33 bits per heavy atom. The van der Waals surface area contributed by atoms with Crippen molar-refractivity contribution in [2.75, 3.05) is 36.0 Å². The van der Waals surface area contributed by atoms with E-state index in [9.17, 15) is 4.39 Å². The Kier molecular flexibility index (Phi) is 4.20. The van der Waals surface area contributed by atoms with E-state index in [1.165, 1.54) is 6.07 Å². The van der Waals surface area contributed by atoms with Gasteiger partial charge in [0, 0.05) is 50.1 Å². The molecule has 1 aliphatic rings. The first-order valence-electron chi connectivity index (χ1n) is 6.88. The van der Waals surface area contributed by atoms with Gasteiger partial charge in [0.2, 0.25) is 5.95 Å². The average Bonchev–Trinajstić information content (AvgIpc) is 2.55. The van der Waals surface area contributed by atoms with E-state index in [2.05, 4.69) is 19.8 Å². The van der Waals surface area contributed by atoms with Crippen molar-refractivity contribution in [3.05, 3.63) is 48.0 Å². The van der Waals surface area contributed by atoms with E-state index in [-0.39, 0.29) is 5.82 Å². The number of benzene rings is 1. The number of halogens is 2. The van der Waals surface area contributed by atoms with Crippen LogP contribution < -0.4 is 9.80 Å². The molecule has 0 amide bonds. The molecule has 0 saturated carbocycles. The molecule has 110 valence electrons. The van der Waals surface area contributed by atoms with Crippen molar-refractivity contribution in [2.24, 2.45) is 0 Å². The summed E-state index contributed by atoms with van der Waals surface area (Å²) in [5.41, 5.74) is 1.69. The van der Waals surface area contributed by atoms with Crippen molar-refractivity contribution < 1.29 is 4.39 Å². The maximum absolute atomic E-state index is 13.6. The molecule has 2 aromatic rings. The van der Waals surface area contributed by atoms with Crippen LogP contribution in [0.15, 0.2) is 36.7 Å². The molecule has 0 aliphatic carbocycles. The highest BCUT2D eigenvalue weighted by Crippen LogP contribution is 2.22. The highest BCUT2D eigenvalue weighted by Gasteiger charge is 2.19. The lowest BCUT2D eigenvalue weighted by atomic mass is 10.2. The second-order valence-electron chi connectivity index (χ2n) is 4.97. The molecule has 0 N–H and O–H groups in total. The van der Waals surface area contributed by atoms with Crippen LogP contribution in [-0.4, -0.2) is 36.1 Å². The molecule has 0 atom stereocenters. The van der Waals surface area contributed by atoms with E-state index in [0.29, 0.717) is 5.88 Å². The molecule has 0 bridgehead atoms. The fraction of sp³-hybridized carbons (Fsp3) is 0.333. The summed E-state index contributed by atoms with van der Waals surface area (Å²) in [5.74, 6) is 0.831. The zero-order valence-electron chi connectivity index (χ0n) is 11.5. The van der Waals surface area contributed by atoms with Gasteiger partial charge < -0.3 is 9.80 Å². The number of hydrogen-bond acceptors (Lipinski definition) is 4. The normalized spacial score (nSPS) is 15.3. The van der Waals surface area contributed by atoms with Gasteiger partial charge >= 0.3 is 0 Å². The Bertz CT molecular complexity index is 600. The van der Waals surface area contributed by atoms with Crippen LogP contribution in [0.25, 0.3) is 0 Å². The van der Waals surface area contributed by atoms with Crippen LogP contribution >= 0.6 is 11.6 Å². The van der Waals surface area contributed by atoms with Crippen LogP contribution in [0.4, 0.5) is 16.0 Å². The number of hydrogen-bond donors (Lipinski definition) is 0. The van der Waals surface area contributed by atoms with Crippen LogP contribution in [0.5, 0.6) is 0 Å². The Hall–Kier alpha value is -1.88. The van der Waals surface area contributed by atoms with Gasteiger partial charge in [-0.25, -0.2) is 14.4 Å². The van der Waals surface area contributed by atoms with Gasteiger partial charge in [0.25, 0.3) is 0 Å². The lowest BCUT2D eigenvalue weighted by molar-refractivity contribution is 0.616. The summed E-state index contributed by atoms with van der Waals surface area (Å²) in [6, 6.07) is 6.79. The predicted molar refractivity (Wildman–Crippen MR) is 82.4 cm³/mol. The molecule has 0 spiro atoms. The van der Waals surface area contributed by atoms with Crippen molar-refractivity contribution in [1.29, 1.82) is 0 Å². The summed E-state index contributed by atoms with van der Waals surface area (Å²) in [4.78, 5) is 12.8. The predicted octanol–water partition coefficient (Wildman–Crippen LogP) is 2.68. The lowest BCUT2D eigenvalue weighted by Gasteiger charge is -2.36. The minimum atomic E-state index is -0.239. The fourth-order valence-electron chi connectivity index (χ4n) is 2.51. The van der Waals surface area contributed by atoms with Gasteiger partial charge in [-0.3, -0.25) is 0 Å². The zero-order chi connectivity index (χ0) is 14.7. The summed E-state index contributed by atoms with van der Waals surface area (Å²) < 4.78 is 13.6. The van der Waals surface area contributed by atoms with Gasteiger partial charge in [-0.15, -0.1) is 11.6 Å². The minimum absolute atomic E-state index is 0.239. The third-order valence-corrected chi connectivity index (χ3v) is 3.89. The SMILES string of the molecule is Fc1cc(CCl)cc(N2CCN(c3ncccn3)CC2)c1. The Morgan fingerprint density at radius 1 is 1.00 bits per heavy atom. The molecule has 1 fully saturated rings. The molecule has 1 aliphatic heterocycles. The molecule has 4 nitrogen and oxygen atoms in total. The van der Waals surface area contributed by atoms with E-state index in [4.69, 9.17) is 11.6 Å². The molecule has 21 heavy (non-hydrogen) atoms. The van der Waals surface area contributed by atoms with Gasteiger partial charge in [-0.1, -0.05) is 0 Å². The zero-order valence-corrected chi connectivity index (χ0v) is 12.3. The third-order valence-electron chi connectivity index (χ3n) is 3.58. The molecule has 2 heterocycles. The number of rotatable bonds is 3. The number of anilines is 2. The summed E-state index contributed by atoms with van der Waals surface area (Å²) in [5, 5.41) is 0. The van der Waals surface area contributed by atoms with Crippen molar-refractivity contribution in [3.8, 4) is 0 Å². The van der Waals surface area contributed by atoms with Gasteiger partial charge in [0.1, 0.15) is 5.82 Å². The quantitative estimate of drug-likeness (QED) is 0.816. The second-order valence-corrected chi connectivity index (χ2v) is 5.24. The second kappa shape index (κ2) is 6.26. The Balaban J connectivity index is 1.70. The molecular formula is C15H16ClFN4. The summed E-state index contributed by atoms with van der Waals surface area (Å²) >= 11 is 5.80. The molecule has 1 aromatic heterocycles. The number of nitrogens with zero attached hydrogens (tertiary/aromatic N) is 4. The smallest absolute Gasteiger partial charge is 0.225 e. The van der Waals surface area contributed by atoms with E-state index in [1.54, 1.807) is 24.5 Å². The summed E-state index contributed by atoms with van der Waals surface area (Å²) in [7, 11) is 0. The van der Waals surface area contributed by atoms with E-state index < -0.39 is 0 Å². The molecule has 0 unspecified atom stereocenters. The van der Waals surface area contributed by atoms with Crippen LogP contribution in [0.1, 0.15) is 5.56 Å². The van der Waals surface area contributed by atoms with Crippen LogP contribution in [-0.2, 0) is 5.88 Å². The van der Waals surface area contributed by atoms with E-state index >= 15 is 0 Å². The Morgan fingerprint density at radius 2 is 1.67 bits per heavy atom. The van der Waals surface area contributed by atoms with Crippen molar-refractivity contribution >= 4 is 23.2 Å². The van der Waals surface area contributed by atoms with Crippen molar-refractivity contribution in [3.63, 3.8) is 0 Å². The summed E-state index contributed by atoms with van der Waals surface area (Å²) in [6.45, 7) is 3.25. The highest BCUT2D eigenvalue weighted by atomic mass is 35.5. The first-order chi connectivity index (χ1) is 10.3. The molecule has 3 rings (SSSR count). The van der Waals surface area contributed by atoms with Gasteiger partial charge in [-0.05, 0) is 29.8 Å². The standard InChI is InChI=1S/C15H16ClFN4/c16-11-12-8-13(17)10-14(9-12)20-4-6-21(7-5-20)15-18-2-1-3-19-15/h1-3,8-10H,4-7,11H2. The molecular weight excluding hydrogens is 291 g/mol. The van der Waals surface area contributed by atoms with Crippen LogP contribution in [0.3, 0.4) is 0 Å². The fourth-order valence-corrected chi connectivity index (χ4v) is 2.67. The summed E-state index contributed by atoms with van der Waals surface area (Å²) in [6.07, 6.45) is 3.49. The third kappa shape index (κ3) is 3.24. The number of aromatic nitrogens is 2. The highest BCUT2D eigenvalue weighted by molar-refractivity contribution is 6.17. The topological polar surface area (TPSA) is 32.3 Å². The first kappa shape index (κ1) is 14.1. The molecule has 0 radical (unpaired) electrons.